The number of hydrogen-bond acceptors (Lipinski definition) is 2. The maximum Gasteiger partial charge on any atom is 0.191 e. The summed E-state index contributed by atoms with van der Waals surface area (Å²) in [5.41, 5.74) is 3.92. The second kappa shape index (κ2) is 12.3. The van der Waals surface area contributed by atoms with Gasteiger partial charge in [0.1, 0.15) is 0 Å². The number of aryl methyl sites for hydroxylation is 3. The maximum absolute atomic E-state index is 4.68. The summed E-state index contributed by atoms with van der Waals surface area (Å²) in [5, 5.41) is 11.3. The minimum absolute atomic E-state index is 0. The summed E-state index contributed by atoms with van der Waals surface area (Å²) in [5.74, 6) is 0.933. The van der Waals surface area contributed by atoms with Gasteiger partial charge in [0.15, 0.2) is 5.96 Å². The molecule has 0 saturated carbocycles. The normalized spacial score (nSPS) is 14.7. The lowest BCUT2D eigenvalue weighted by Crippen LogP contribution is -2.38. The summed E-state index contributed by atoms with van der Waals surface area (Å²) in [4.78, 5) is 4.68. The Balaban J connectivity index is 0.00000312. The van der Waals surface area contributed by atoms with Crippen LogP contribution in [0.15, 0.2) is 22.7 Å². The molecule has 1 aromatic rings. The fourth-order valence-electron chi connectivity index (χ4n) is 3.13. The molecule has 2 rings (SSSR count). The Kier molecular flexibility index (Phi) is 10.8. The highest BCUT2D eigenvalue weighted by atomic mass is 127. The molecule has 0 fully saturated rings. The molecule has 2 N–H and O–H groups in total. The molecule has 0 aromatic carbocycles. The van der Waals surface area contributed by atoms with E-state index < -0.39 is 0 Å². The van der Waals surface area contributed by atoms with Gasteiger partial charge in [-0.1, -0.05) is 11.6 Å². The maximum atomic E-state index is 4.68. The molecule has 25 heavy (non-hydrogen) atoms. The van der Waals surface area contributed by atoms with Crippen LogP contribution in [0.4, 0.5) is 0 Å². The van der Waals surface area contributed by atoms with Gasteiger partial charge in [0.2, 0.25) is 0 Å². The fraction of sp³-hybridized carbons (Fsp3) is 0.684. The second-order valence-electron chi connectivity index (χ2n) is 6.55. The van der Waals surface area contributed by atoms with E-state index in [4.69, 9.17) is 0 Å². The SMILES string of the molecule is CCNC(=NCCCn1nc(C)cc1C)NCCC1=CCCCC1.I. The van der Waals surface area contributed by atoms with Crippen LogP contribution in [0.2, 0.25) is 0 Å². The monoisotopic (exact) mass is 459 g/mol. The van der Waals surface area contributed by atoms with E-state index in [0.29, 0.717) is 0 Å². The Morgan fingerprint density at radius 3 is 2.76 bits per heavy atom. The van der Waals surface area contributed by atoms with E-state index in [1.807, 2.05) is 6.92 Å². The van der Waals surface area contributed by atoms with E-state index in [1.165, 1.54) is 31.4 Å². The predicted molar refractivity (Wildman–Crippen MR) is 117 cm³/mol. The molecular weight excluding hydrogens is 425 g/mol. The van der Waals surface area contributed by atoms with Crippen LogP contribution in [0.1, 0.15) is 56.8 Å². The third-order valence-corrected chi connectivity index (χ3v) is 4.37. The first kappa shape index (κ1) is 22.0. The quantitative estimate of drug-likeness (QED) is 0.204. The molecule has 1 aliphatic carbocycles. The smallest absolute Gasteiger partial charge is 0.191 e. The van der Waals surface area contributed by atoms with Gasteiger partial charge in [-0.05, 0) is 65.4 Å². The van der Waals surface area contributed by atoms with Crippen LogP contribution in [0, 0.1) is 13.8 Å². The Morgan fingerprint density at radius 1 is 1.28 bits per heavy atom. The van der Waals surface area contributed by atoms with Gasteiger partial charge in [-0.15, -0.1) is 24.0 Å². The van der Waals surface area contributed by atoms with E-state index in [2.05, 4.69) is 51.4 Å². The van der Waals surface area contributed by atoms with Crippen molar-refractivity contribution in [1.82, 2.24) is 20.4 Å². The average molecular weight is 459 g/mol. The van der Waals surface area contributed by atoms with Crippen LogP contribution in [-0.4, -0.2) is 35.4 Å². The standard InChI is InChI=1S/C19H33N5.HI/c1-4-20-19(22-13-11-18-9-6-5-7-10-18)21-12-8-14-24-17(3)15-16(2)23-24;/h9,15H,4-8,10-14H2,1-3H3,(H2,20,21,22);1H. The van der Waals surface area contributed by atoms with Gasteiger partial charge >= 0.3 is 0 Å². The van der Waals surface area contributed by atoms with E-state index in [1.54, 1.807) is 5.57 Å². The first-order valence-corrected chi connectivity index (χ1v) is 9.40. The molecule has 1 heterocycles. The molecule has 0 aliphatic heterocycles. The molecule has 0 spiro atoms. The number of halogens is 1. The predicted octanol–water partition coefficient (Wildman–Crippen LogP) is 3.95. The Hall–Kier alpha value is -1.05. The first-order valence-electron chi connectivity index (χ1n) is 9.40. The highest BCUT2D eigenvalue weighted by Crippen LogP contribution is 2.19. The van der Waals surface area contributed by atoms with E-state index in [9.17, 15) is 0 Å². The van der Waals surface area contributed by atoms with E-state index >= 15 is 0 Å². The molecule has 0 bridgehead atoms. The van der Waals surface area contributed by atoms with E-state index in [0.717, 1.165) is 50.7 Å². The molecule has 5 nitrogen and oxygen atoms in total. The number of nitrogens with zero attached hydrogens (tertiary/aromatic N) is 3. The van der Waals surface area contributed by atoms with Crippen molar-refractivity contribution in [1.29, 1.82) is 0 Å². The minimum Gasteiger partial charge on any atom is -0.357 e. The number of hydrogen-bond donors (Lipinski definition) is 2. The van der Waals surface area contributed by atoms with Gasteiger partial charge in [-0.2, -0.15) is 5.10 Å². The van der Waals surface area contributed by atoms with Gasteiger partial charge in [0.25, 0.3) is 0 Å². The molecule has 6 heteroatoms. The zero-order chi connectivity index (χ0) is 17.2. The van der Waals surface area contributed by atoms with Gasteiger partial charge < -0.3 is 10.6 Å². The summed E-state index contributed by atoms with van der Waals surface area (Å²) in [6, 6.07) is 2.12. The Labute approximate surface area is 169 Å². The van der Waals surface area contributed by atoms with Crippen molar-refractivity contribution >= 4 is 29.9 Å². The van der Waals surface area contributed by atoms with Crippen LogP contribution in [0.25, 0.3) is 0 Å². The number of guanidine groups is 1. The zero-order valence-corrected chi connectivity index (χ0v) is 18.3. The number of aromatic nitrogens is 2. The summed E-state index contributed by atoms with van der Waals surface area (Å²) in [7, 11) is 0. The number of allylic oxidation sites excluding steroid dienone is 1. The lowest BCUT2D eigenvalue weighted by Gasteiger charge is -2.15. The summed E-state index contributed by atoms with van der Waals surface area (Å²) >= 11 is 0. The summed E-state index contributed by atoms with van der Waals surface area (Å²) in [6.07, 6.45) is 9.81. The molecule has 1 aromatic heterocycles. The largest absolute Gasteiger partial charge is 0.357 e. The van der Waals surface area contributed by atoms with Crippen molar-refractivity contribution in [2.24, 2.45) is 4.99 Å². The van der Waals surface area contributed by atoms with Gasteiger partial charge in [0, 0.05) is 31.9 Å². The Bertz CT molecular complexity index is 562. The molecule has 0 amide bonds. The molecule has 0 saturated heterocycles. The summed E-state index contributed by atoms with van der Waals surface area (Å²) in [6.45, 7) is 9.86. The van der Waals surface area contributed by atoms with Crippen LogP contribution < -0.4 is 10.6 Å². The van der Waals surface area contributed by atoms with Crippen LogP contribution in [-0.2, 0) is 6.54 Å². The zero-order valence-electron chi connectivity index (χ0n) is 16.0. The lowest BCUT2D eigenvalue weighted by atomic mass is 9.97. The average Bonchev–Trinajstić information content (AvgIpc) is 2.90. The molecule has 0 unspecified atom stereocenters. The number of rotatable bonds is 8. The van der Waals surface area contributed by atoms with Gasteiger partial charge in [-0.25, -0.2) is 0 Å². The van der Waals surface area contributed by atoms with Crippen LogP contribution >= 0.6 is 24.0 Å². The van der Waals surface area contributed by atoms with Crippen molar-refractivity contribution < 1.29 is 0 Å². The molecule has 0 radical (unpaired) electrons. The Morgan fingerprint density at radius 2 is 2.12 bits per heavy atom. The highest BCUT2D eigenvalue weighted by molar-refractivity contribution is 14.0. The topological polar surface area (TPSA) is 54.2 Å². The number of aliphatic imine (C=N–C) groups is 1. The molecular formula is C19H34IN5. The van der Waals surface area contributed by atoms with Crippen molar-refractivity contribution in [2.45, 2.75) is 65.8 Å². The van der Waals surface area contributed by atoms with E-state index in [-0.39, 0.29) is 24.0 Å². The third kappa shape index (κ3) is 8.25. The van der Waals surface area contributed by atoms with Crippen molar-refractivity contribution in [3.05, 3.63) is 29.1 Å². The minimum atomic E-state index is 0. The lowest BCUT2D eigenvalue weighted by molar-refractivity contribution is 0.567. The van der Waals surface area contributed by atoms with Crippen molar-refractivity contribution in [2.75, 3.05) is 19.6 Å². The van der Waals surface area contributed by atoms with Crippen molar-refractivity contribution in [3.63, 3.8) is 0 Å². The second-order valence-corrected chi connectivity index (χ2v) is 6.55. The van der Waals surface area contributed by atoms with Crippen LogP contribution in [0.5, 0.6) is 0 Å². The number of nitrogens with one attached hydrogen (secondary N) is 2. The van der Waals surface area contributed by atoms with Crippen molar-refractivity contribution in [3.8, 4) is 0 Å². The fourth-order valence-corrected chi connectivity index (χ4v) is 3.13. The van der Waals surface area contributed by atoms with Gasteiger partial charge in [-0.3, -0.25) is 9.67 Å². The van der Waals surface area contributed by atoms with Crippen LogP contribution in [0.3, 0.4) is 0 Å². The summed E-state index contributed by atoms with van der Waals surface area (Å²) < 4.78 is 2.07. The molecule has 142 valence electrons. The highest BCUT2D eigenvalue weighted by Gasteiger charge is 2.04. The molecule has 1 aliphatic rings. The molecule has 0 atom stereocenters. The first-order chi connectivity index (χ1) is 11.7. The third-order valence-electron chi connectivity index (χ3n) is 4.37. The van der Waals surface area contributed by atoms with Gasteiger partial charge in [0.05, 0.1) is 5.69 Å².